The van der Waals surface area contributed by atoms with E-state index in [1.165, 1.54) is 12.8 Å². The molecular weight excluding hydrogens is 242 g/mol. The molecule has 1 heterocycles. The molecule has 1 saturated carbocycles. The maximum Gasteiger partial charge on any atom is 0.239 e. The van der Waals surface area contributed by atoms with E-state index in [1.807, 2.05) is 12.1 Å². The van der Waals surface area contributed by atoms with Crippen LogP contribution in [0.2, 0.25) is 0 Å². The third-order valence-corrected chi connectivity index (χ3v) is 2.94. The zero-order valence-electron chi connectivity index (χ0n) is 11.5. The summed E-state index contributed by atoms with van der Waals surface area (Å²) in [6.07, 6.45) is 3.59. The molecule has 0 bridgehead atoms. The molecule has 1 aromatic heterocycles. The minimum atomic E-state index is 0.505. The molecule has 0 saturated heterocycles. The fourth-order valence-corrected chi connectivity index (χ4v) is 1.65. The maximum absolute atomic E-state index is 5.81. The molecule has 0 aromatic carbocycles. The van der Waals surface area contributed by atoms with Crippen LogP contribution < -0.4 is 15.8 Å². The van der Waals surface area contributed by atoms with E-state index in [0.29, 0.717) is 24.8 Å². The Labute approximate surface area is 114 Å². The first-order chi connectivity index (χ1) is 9.29. The van der Waals surface area contributed by atoms with Crippen LogP contribution >= 0.6 is 0 Å². The highest BCUT2D eigenvalue weighted by molar-refractivity contribution is 5.53. The highest BCUT2D eigenvalue weighted by atomic mass is 16.5. The SMILES string of the molecule is CCCOc1nc(NCCOCC2CC2)ccc1N. The molecule has 106 valence electrons. The Bertz CT molecular complexity index is 394. The number of nitrogens with two attached hydrogens (primary N) is 1. The van der Waals surface area contributed by atoms with Gasteiger partial charge in [-0.1, -0.05) is 6.92 Å². The summed E-state index contributed by atoms with van der Waals surface area (Å²) in [4.78, 5) is 4.34. The topological polar surface area (TPSA) is 69.4 Å². The van der Waals surface area contributed by atoms with E-state index in [0.717, 1.165) is 31.3 Å². The minimum absolute atomic E-state index is 0.505. The van der Waals surface area contributed by atoms with Gasteiger partial charge in [-0.15, -0.1) is 0 Å². The first kappa shape index (κ1) is 13.9. The lowest BCUT2D eigenvalue weighted by Gasteiger charge is -2.10. The lowest BCUT2D eigenvalue weighted by Crippen LogP contribution is -2.12. The van der Waals surface area contributed by atoms with Gasteiger partial charge in [0.2, 0.25) is 5.88 Å². The van der Waals surface area contributed by atoms with Crippen LogP contribution in [0.5, 0.6) is 5.88 Å². The standard InChI is InChI=1S/C14H23N3O2/c1-2-8-19-14-12(15)5-6-13(17-14)16-7-9-18-10-11-3-4-11/h5-6,11H,2-4,7-10,15H2,1H3,(H,16,17). The van der Waals surface area contributed by atoms with E-state index in [2.05, 4.69) is 17.2 Å². The molecule has 1 aliphatic rings. The van der Waals surface area contributed by atoms with Crippen molar-refractivity contribution in [1.82, 2.24) is 4.98 Å². The molecule has 0 unspecified atom stereocenters. The Hall–Kier alpha value is -1.49. The number of hydrogen-bond donors (Lipinski definition) is 2. The van der Waals surface area contributed by atoms with E-state index >= 15 is 0 Å². The quantitative estimate of drug-likeness (QED) is 0.670. The Kier molecular flexibility index (Phi) is 5.27. The van der Waals surface area contributed by atoms with Crippen molar-refractivity contribution in [3.63, 3.8) is 0 Å². The Morgan fingerprint density at radius 1 is 1.37 bits per heavy atom. The molecule has 5 heteroatoms. The first-order valence-corrected chi connectivity index (χ1v) is 7.00. The van der Waals surface area contributed by atoms with Crippen LogP contribution in [0.3, 0.4) is 0 Å². The van der Waals surface area contributed by atoms with E-state index in [1.54, 1.807) is 0 Å². The zero-order valence-corrected chi connectivity index (χ0v) is 11.5. The normalized spacial score (nSPS) is 14.4. The molecular formula is C14H23N3O2. The molecule has 3 N–H and O–H groups in total. The zero-order chi connectivity index (χ0) is 13.5. The van der Waals surface area contributed by atoms with Gasteiger partial charge in [0, 0.05) is 13.2 Å². The van der Waals surface area contributed by atoms with Gasteiger partial charge in [-0.2, -0.15) is 4.98 Å². The van der Waals surface area contributed by atoms with Crippen LogP contribution in [0.15, 0.2) is 12.1 Å². The Balaban J connectivity index is 1.72. The number of hydrogen-bond acceptors (Lipinski definition) is 5. The van der Waals surface area contributed by atoms with Crippen molar-refractivity contribution < 1.29 is 9.47 Å². The molecule has 19 heavy (non-hydrogen) atoms. The maximum atomic E-state index is 5.81. The number of rotatable bonds is 9. The summed E-state index contributed by atoms with van der Waals surface area (Å²) >= 11 is 0. The van der Waals surface area contributed by atoms with Crippen molar-refractivity contribution in [1.29, 1.82) is 0 Å². The minimum Gasteiger partial charge on any atom is -0.476 e. The fourth-order valence-electron chi connectivity index (χ4n) is 1.65. The Morgan fingerprint density at radius 3 is 2.95 bits per heavy atom. The van der Waals surface area contributed by atoms with Gasteiger partial charge in [-0.25, -0.2) is 0 Å². The number of nitrogen functional groups attached to an aromatic ring is 1. The van der Waals surface area contributed by atoms with Gasteiger partial charge in [-0.05, 0) is 37.3 Å². The summed E-state index contributed by atoms with van der Waals surface area (Å²) in [6, 6.07) is 3.67. The second-order valence-corrected chi connectivity index (χ2v) is 4.88. The summed E-state index contributed by atoms with van der Waals surface area (Å²) in [5, 5.41) is 3.21. The molecule has 2 rings (SSSR count). The number of anilines is 2. The van der Waals surface area contributed by atoms with E-state index in [4.69, 9.17) is 15.2 Å². The van der Waals surface area contributed by atoms with E-state index in [-0.39, 0.29) is 0 Å². The van der Waals surface area contributed by atoms with E-state index in [9.17, 15) is 0 Å². The highest BCUT2D eigenvalue weighted by Gasteiger charge is 2.20. The number of ether oxygens (including phenoxy) is 2. The number of nitrogens with zero attached hydrogens (tertiary/aromatic N) is 1. The lowest BCUT2D eigenvalue weighted by atomic mass is 10.4. The van der Waals surface area contributed by atoms with Crippen LogP contribution in [0.4, 0.5) is 11.5 Å². The average molecular weight is 265 g/mol. The van der Waals surface area contributed by atoms with Crippen molar-refractivity contribution in [2.24, 2.45) is 5.92 Å². The van der Waals surface area contributed by atoms with Crippen molar-refractivity contribution in [3.8, 4) is 5.88 Å². The molecule has 0 aliphatic heterocycles. The predicted octanol–water partition coefficient (Wildman–Crippen LogP) is 2.29. The summed E-state index contributed by atoms with van der Waals surface area (Å²) in [7, 11) is 0. The Morgan fingerprint density at radius 2 is 2.21 bits per heavy atom. The third kappa shape index (κ3) is 4.95. The second-order valence-electron chi connectivity index (χ2n) is 4.88. The summed E-state index contributed by atoms with van der Waals surface area (Å²) in [5.74, 6) is 2.09. The van der Waals surface area contributed by atoms with Crippen LogP contribution in [0.1, 0.15) is 26.2 Å². The average Bonchev–Trinajstić information content (AvgIpc) is 3.23. The smallest absolute Gasteiger partial charge is 0.239 e. The van der Waals surface area contributed by atoms with Crippen molar-refractivity contribution in [2.75, 3.05) is 37.4 Å². The van der Waals surface area contributed by atoms with Gasteiger partial charge in [0.15, 0.2) is 0 Å². The molecule has 0 atom stereocenters. The number of nitrogens with one attached hydrogen (secondary N) is 1. The highest BCUT2D eigenvalue weighted by Crippen LogP contribution is 2.28. The van der Waals surface area contributed by atoms with Crippen LogP contribution in [-0.4, -0.2) is 31.3 Å². The third-order valence-electron chi connectivity index (χ3n) is 2.94. The van der Waals surface area contributed by atoms with Gasteiger partial charge >= 0.3 is 0 Å². The molecule has 1 aromatic rings. The fraction of sp³-hybridized carbons (Fsp3) is 0.643. The van der Waals surface area contributed by atoms with Gasteiger partial charge in [-0.3, -0.25) is 0 Å². The van der Waals surface area contributed by atoms with Gasteiger partial charge in [0.1, 0.15) is 5.82 Å². The van der Waals surface area contributed by atoms with Gasteiger partial charge in [0.25, 0.3) is 0 Å². The van der Waals surface area contributed by atoms with Gasteiger partial charge in [0.05, 0.1) is 18.9 Å². The van der Waals surface area contributed by atoms with Crippen molar-refractivity contribution in [2.45, 2.75) is 26.2 Å². The summed E-state index contributed by atoms with van der Waals surface area (Å²) in [6.45, 7) is 5.02. The first-order valence-electron chi connectivity index (χ1n) is 7.00. The van der Waals surface area contributed by atoms with Crippen molar-refractivity contribution >= 4 is 11.5 Å². The van der Waals surface area contributed by atoms with Gasteiger partial charge < -0.3 is 20.5 Å². The summed E-state index contributed by atoms with van der Waals surface area (Å²) in [5.41, 5.74) is 6.38. The number of pyridine rings is 1. The van der Waals surface area contributed by atoms with Crippen LogP contribution in [0.25, 0.3) is 0 Å². The molecule has 0 spiro atoms. The molecule has 0 amide bonds. The molecule has 1 aliphatic carbocycles. The largest absolute Gasteiger partial charge is 0.476 e. The van der Waals surface area contributed by atoms with Crippen LogP contribution in [-0.2, 0) is 4.74 Å². The molecule has 1 fully saturated rings. The summed E-state index contributed by atoms with van der Waals surface area (Å²) < 4.78 is 11.0. The predicted molar refractivity (Wildman–Crippen MR) is 76.5 cm³/mol. The van der Waals surface area contributed by atoms with Crippen LogP contribution in [0, 0.1) is 5.92 Å². The lowest BCUT2D eigenvalue weighted by molar-refractivity contribution is 0.134. The molecule has 5 nitrogen and oxygen atoms in total. The molecule has 0 radical (unpaired) electrons. The number of aromatic nitrogens is 1. The monoisotopic (exact) mass is 265 g/mol. The van der Waals surface area contributed by atoms with Crippen molar-refractivity contribution in [3.05, 3.63) is 12.1 Å². The second kappa shape index (κ2) is 7.19. The van der Waals surface area contributed by atoms with E-state index < -0.39 is 0 Å².